The van der Waals surface area contributed by atoms with Gasteiger partial charge in [0.15, 0.2) is 0 Å². The molecule has 0 bridgehead atoms. The Morgan fingerprint density at radius 3 is 2.28 bits per heavy atom. The Labute approximate surface area is 110 Å². The maximum Gasteiger partial charge on any atom is 0.305 e. The fraction of sp³-hybridized carbons (Fsp3) is 0.867. The lowest BCUT2D eigenvalue weighted by molar-refractivity contribution is -0.143. The van der Waals surface area contributed by atoms with Gasteiger partial charge in [0.2, 0.25) is 0 Å². The van der Waals surface area contributed by atoms with Crippen LogP contribution in [-0.2, 0) is 14.3 Å². The van der Waals surface area contributed by atoms with Crippen molar-refractivity contribution in [1.29, 1.82) is 0 Å². The maximum absolute atomic E-state index is 11.8. The van der Waals surface area contributed by atoms with Crippen LogP contribution < -0.4 is 0 Å². The predicted octanol–water partition coefficient (Wildman–Crippen LogP) is 3.51. The summed E-state index contributed by atoms with van der Waals surface area (Å²) in [6, 6.07) is 0. The number of esters is 1. The molecule has 0 saturated heterocycles. The molecule has 3 nitrogen and oxygen atoms in total. The van der Waals surface area contributed by atoms with Gasteiger partial charge < -0.3 is 4.74 Å². The zero-order valence-electron chi connectivity index (χ0n) is 11.7. The Bertz CT molecular complexity index is 265. The topological polar surface area (TPSA) is 43.4 Å². The van der Waals surface area contributed by atoms with Gasteiger partial charge in [0.1, 0.15) is 5.78 Å². The molecule has 0 aromatic carbocycles. The first-order valence-electron chi connectivity index (χ1n) is 7.35. The summed E-state index contributed by atoms with van der Waals surface area (Å²) in [5.74, 6) is 1.27. The average molecular weight is 254 g/mol. The minimum absolute atomic E-state index is 0.0818. The third kappa shape index (κ3) is 5.19. The van der Waals surface area contributed by atoms with Gasteiger partial charge >= 0.3 is 5.97 Å². The van der Waals surface area contributed by atoms with Crippen LogP contribution in [-0.4, -0.2) is 18.4 Å². The molecule has 0 aromatic heterocycles. The number of hydrogen-bond donors (Lipinski definition) is 0. The van der Waals surface area contributed by atoms with Crippen molar-refractivity contribution >= 4 is 11.8 Å². The monoisotopic (exact) mass is 254 g/mol. The van der Waals surface area contributed by atoms with Gasteiger partial charge in [0, 0.05) is 18.8 Å². The predicted molar refractivity (Wildman–Crippen MR) is 71.2 cm³/mol. The van der Waals surface area contributed by atoms with Gasteiger partial charge in [-0.1, -0.05) is 6.92 Å². The first kappa shape index (κ1) is 15.2. The SMILES string of the molecule is CCCC(=O)C1CCC(CCC(=O)OCC)CC1. The molecule has 1 saturated carbocycles. The van der Waals surface area contributed by atoms with E-state index in [-0.39, 0.29) is 5.97 Å². The van der Waals surface area contributed by atoms with Crippen LogP contribution in [0.1, 0.15) is 65.2 Å². The third-order valence-corrected chi connectivity index (χ3v) is 3.86. The number of ketones is 1. The van der Waals surface area contributed by atoms with Crippen molar-refractivity contribution < 1.29 is 14.3 Å². The molecule has 0 atom stereocenters. The fourth-order valence-electron chi connectivity index (χ4n) is 2.78. The average Bonchev–Trinajstić information content (AvgIpc) is 2.37. The van der Waals surface area contributed by atoms with E-state index in [1.165, 1.54) is 0 Å². The van der Waals surface area contributed by atoms with E-state index in [0.717, 1.165) is 44.9 Å². The second-order valence-electron chi connectivity index (χ2n) is 5.28. The van der Waals surface area contributed by atoms with Crippen molar-refractivity contribution in [2.45, 2.75) is 65.2 Å². The molecule has 0 aromatic rings. The third-order valence-electron chi connectivity index (χ3n) is 3.86. The Morgan fingerprint density at radius 1 is 1.06 bits per heavy atom. The Hall–Kier alpha value is -0.860. The van der Waals surface area contributed by atoms with Crippen LogP contribution in [0.25, 0.3) is 0 Å². The first-order chi connectivity index (χ1) is 8.67. The Kier molecular flexibility index (Phi) is 6.99. The van der Waals surface area contributed by atoms with Crippen LogP contribution in [0, 0.1) is 11.8 Å². The van der Waals surface area contributed by atoms with Crippen molar-refractivity contribution in [3.05, 3.63) is 0 Å². The summed E-state index contributed by atoms with van der Waals surface area (Å²) in [5.41, 5.74) is 0. The molecule has 0 heterocycles. The highest BCUT2D eigenvalue weighted by Crippen LogP contribution is 2.32. The summed E-state index contributed by atoms with van der Waals surface area (Å²) in [6.45, 7) is 4.36. The van der Waals surface area contributed by atoms with E-state index < -0.39 is 0 Å². The van der Waals surface area contributed by atoms with E-state index in [1.54, 1.807) is 0 Å². The molecule has 1 fully saturated rings. The van der Waals surface area contributed by atoms with Gasteiger partial charge in [-0.05, 0) is 51.4 Å². The number of carbonyl (C=O) groups excluding carboxylic acids is 2. The molecular weight excluding hydrogens is 228 g/mol. The lowest BCUT2D eigenvalue weighted by atomic mass is 9.77. The lowest BCUT2D eigenvalue weighted by Crippen LogP contribution is -2.22. The van der Waals surface area contributed by atoms with E-state index in [0.29, 0.717) is 30.6 Å². The van der Waals surface area contributed by atoms with E-state index in [2.05, 4.69) is 6.92 Å². The van der Waals surface area contributed by atoms with Crippen molar-refractivity contribution in [2.75, 3.05) is 6.61 Å². The smallest absolute Gasteiger partial charge is 0.305 e. The van der Waals surface area contributed by atoms with Gasteiger partial charge in [-0.25, -0.2) is 0 Å². The summed E-state index contributed by atoms with van der Waals surface area (Å²) in [4.78, 5) is 23.0. The molecule has 0 unspecified atom stereocenters. The summed E-state index contributed by atoms with van der Waals surface area (Å²) < 4.78 is 4.93. The molecule has 18 heavy (non-hydrogen) atoms. The number of carbonyl (C=O) groups is 2. The zero-order chi connectivity index (χ0) is 13.4. The first-order valence-corrected chi connectivity index (χ1v) is 7.35. The molecule has 0 spiro atoms. The van der Waals surface area contributed by atoms with Crippen LogP contribution in [0.5, 0.6) is 0 Å². The van der Waals surface area contributed by atoms with Crippen molar-refractivity contribution in [1.82, 2.24) is 0 Å². The Balaban J connectivity index is 2.19. The largest absolute Gasteiger partial charge is 0.466 e. The van der Waals surface area contributed by atoms with E-state index in [4.69, 9.17) is 4.74 Å². The standard InChI is InChI=1S/C15H26O3/c1-3-5-14(16)13-9-6-12(7-10-13)8-11-15(17)18-4-2/h12-13H,3-11H2,1-2H3. The minimum Gasteiger partial charge on any atom is -0.466 e. The van der Waals surface area contributed by atoms with Gasteiger partial charge in [-0.3, -0.25) is 9.59 Å². The molecule has 104 valence electrons. The van der Waals surface area contributed by atoms with E-state index >= 15 is 0 Å². The van der Waals surface area contributed by atoms with Crippen LogP contribution in [0.2, 0.25) is 0 Å². The summed E-state index contributed by atoms with van der Waals surface area (Å²) >= 11 is 0. The van der Waals surface area contributed by atoms with Gasteiger partial charge in [0.25, 0.3) is 0 Å². The van der Waals surface area contributed by atoms with Gasteiger partial charge in [-0.15, -0.1) is 0 Å². The van der Waals surface area contributed by atoms with Crippen LogP contribution in [0.15, 0.2) is 0 Å². The number of Topliss-reactive ketones (excluding diaryl/α,β-unsaturated/α-hetero) is 1. The quantitative estimate of drug-likeness (QED) is 0.653. The summed E-state index contributed by atoms with van der Waals surface area (Å²) in [6.07, 6.45) is 7.39. The Morgan fingerprint density at radius 2 is 1.72 bits per heavy atom. The molecule has 1 aliphatic carbocycles. The molecule has 0 radical (unpaired) electrons. The van der Waals surface area contributed by atoms with Crippen LogP contribution in [0.3, 0.4) is 0 Å². The van der Waals surface area contributed by atoms with E-state index in [1.807, 2.05) is 6.92 Å². The van der Waals surface area contributed by atoms with Crippen molar-refractivity contribution in [2.24, 2.45) is 11.8 Å². The molecule has 0 aliphatic heterocycles. The summed E-state index contributed by atoms with van der Waals surface area (Å²) in [5, 5.41) is 0. The fourth-order valence-corrected chi connectivity index (χ4v) is 2.78. The normalized spacial score (nSPS) is 23.7. The second-order valence-corrected chi connectivity index (χ2v) is 5.28. The molecule has 1 aliphatic rings. The molecule has 0 N–H and O–H groups in total. The van der Waals surface area contributed by atoms with Crippen LogP contribution in [0.4, 0.5) is 0 Å². The number of ether oxygens (including phenoxy) is 1. The number of hydrogen-bond acceptors (Lipinski definition) is 3. The van der Waals surface area contributed by atoms with E-state index in [9.17, 15) is 9.59 Å². The van der Waals surface area contributed by atoms with Gasteiger partial charge in [-0.2, -0.15) is 0 Å². The lowest BCUT2D eigenvalue weighted by Gasteiger charge is -2.27. The van der Waals surface area contributed by atoms with Crippen molar-refractivity contribution in [3.63, 3.8) is 0 Å². The van der Waals surface area contributed by atoms with Crippen LogP contribution >= 0.6 is 0 Å². The molecule has 1 rings (SSSR count). The molecular formula is C15H26O3. The highest BCUT2D eigenvalue weighted by molar-refractivity contribution is 5.80. The second kappa shape index (κ2) is 8.28. The maximum atomic E-state index is 11.8. The highest BCUT2D eigenvalue weighted by Gasteiger charge is 2.25. The molecule has 0 amide bonds. The zero-order valence-corrected chi connectivity index (χ0v) is 11.7. The number of rotatable bonds is 7. The molecule has 3 heteroatoms. The van der Waals surface area contributed by atoms with Gasteiger partial charge in [0.05, 0.1) is 6.61 Å². The minimum atomic E-state index is -0.0818. The highest BCUT2D eigenvalue weighted by atomic mass is 16.5. The van der Waals surface area contributed by atoms with Crippen molar-refractivity contribution in [3.8, 4) is 0 Å². The summed E-state index contributed by atoms with van der Waals surface area (Å²) in [7, 11) is 0.